The fourth-order valence-electron chi connectivity index (χ4n) is 1.49. The third-order valence-electron chi connectivity index (χ3n) is 2.30. The normalized spacial score (nSPS) is 10.5. The van der Waals surface area contributed by atoms with Crippen LogP contribution in [0.3, 0.4) is 0 Å². The Morgan fingerprint density at radius 2 is 2.33 bits per heavy atom. The van der Waals surface area contributed by atoms with E-state index in [9.17, 15) is 4.79 Å². The molecule has 0 fully saturated rings. The smallest absolute Gasteiger partial charge is 0.251 e. The number of nitrogens with one attached hydrogen (secondary N) is 1. The summed E-state index contributed by atoms with van der Waals surface area (Å²) < 4.78 is 1.79. The van der Waals surface area contributed by atoms with Crippen LogP contribution in [0.2, 0.25) is 0 Å². The van der Waals surface area contributed by atoms with Crippen LogP contribution in [0.25, 0.3) is 11.0 Å². The zero-order chi connectivity index (χ0) is 10.8. The molecule has 0 radical (unpaired) electrons. The number of hydrogen-bond donors (Lipinski definition) is 1. The molecule has 1 heterocycles. The van der Waals surface area contributed by atoms with E-state index in [2.05, 4.69) is 15.6 Å². The topological polar surface area (TPSA) is 59.8 Å². The SMILES string of the molecule is CCn1nnc2cc(C(=O)NC)ccc21. The minimum absolute atomic E-state index is 0.108. The molecule has 0 bridgehead atoms. The van der Waals surface area contributed by atoms with Crippen LogP contribution >= 0.6 is 0 Å². The average molecular weight is 204 g/mol. The molecule has 0 atom stereocenters. The van der Waals surface area contributed by atoms with Crippen molar-refractivity contribution in [3.63, 3.8) is 0 Å². The van der Waals surface area contributed by atoms with E-state index in [0.717, 1.165) is 17.6 Å². The maximum Gasteiger partial charge on any atom is 0.251 e. The molecule has 0 spiro atoms. The zero-order valence-electron chi connectivity index (χ0n) is 8.69. The number of rotatable bonds is 2. The summed E-state index contributed by atoms with van der Waals surface area (Å²) in [6.45, 7) is 2.77. The average Bonchev–Trinajstić information content (AvgIpc) is 2.69. The molecule has 5 heteroatoms. The Kier molecular flexibility index (Phi) is 2.37. The van der Waals surface area contributed by atoms with Crippen molar-refractivity contribution >= 4 is 16.9 Å². The number of hydrogen-bond acceptors (Lipinski definition) is 3. The summed E-state index contributed by atoms with van der Waals surface area (Å²) in [6, 6.07) is 5.38. The van der Waals surface area contributed by atoms with E-state index in [-0.39, 0.29) is 5.91 Å². The van der Waals surface area contributed by atoms with E-state index in [1.54, 1.807) is 23.9 Å². The van der Waals surface area contributed by atoms with Gasteiger partial charge in [-0.1, -0.05) is 5.21 Å². The van der Waals surface area contributed by atoms with Gasteiger partial charge in [0.1, 0.15) is 5.52 Å². The van der Waals surface area contributed by atoms with Gasteiger partial charge in [0, 0.05) is 19.2 Å². The molecular formula is C10H12N4O. The van der Waals surface area contributed by atoms with Gasteiger partial charge in [-0.15, -0.1) is 5.10 Å². The second kappa shape index (κ2) is 3.68. The van der Waals surface area contributed by atoms with Gasteiger partial charge in [0.05, 0.1) is 5.52 Å². The van der Waals surface area contributed by atoms with Crippen LogP contribution in [-0.2, 0) is 6.54 Å². The fraction of sp³-hybridized carbons (Fsp3) is 0.300. The van der Waals surface area contributed by atoms with Crippen molar-refractivity contribution in [2.24, 2.45) is 0 Å². The number of amides is 1. The summed E-state index contributed by atoms with van der Waals surface area (Å²) in [4.78, 5) is 11.4. The summed E-state index contributed by atoms with van der Waals surface area (Å²) in [7, 11) is 1.61. The number of aromatic nitrogens is 3. The molecule has 78 valence electrons. The number of fused-ring (bicyclic) bond motifs is 1. The Bertz CT molecular complexity index is 503. The van der Waals surface area contributed by atoms with Crippen molar-refractivity contribution < 1.29 is 4.79 Å². The number of carbonyl (C=O) groups excluding carboxylic acids is 1. The Morgan fingerprint density at radius 1 is 1.53 bits per heavy atom. The van der Waals surface area contributed by atoms with Crippen molar-refractivity contribution in [2.45, 2.75) is 13.5 Å². The van der Waals surface area contributed by atoms with Crippen LogP contribution in [0.1, 0.15) is 17.3 Å². The molecule has 1 aromatic heterocycles. The molecule has 0 saturated carbocycles. The maximum absolute atomic E-state index is 11.4. The maximum atomic E-state index is 11.4. The minimum Gasteiger partial charge on any atom is -0.355 e. The second-order valence-corrected chi connectivity index (χ2v) is 3.19. The predicted molar refractivity (Wildman–Crippen MR) is 56.6 cm³/mol. The van der Waals surface area contributed by atoms with Gasteiger partial charge in [-0.2, -0.15) is 0 Å². The van der Waals surface area contributed by atoms with Gasteiger partial charge in [0.25, 0.3) is 5.91 Å². The summed E-state index contributed by atoms with van der Waals surface area (Å²) in [5, 5.41) is 10.5. The first-order valence-corrected chi connectivity index (χ1v) is 4.81. The Morgan fingerprint density at radius 3 is 3.00 bits per heavy atom. The third-order valence-corrected chi connectivity index (χ3v) is 2.30. The van der Waals surface area contributed by atoms with Gasteiger partial charge in [-0.05, 0) is 25.1 Å². The fourth-order valence-corrected chi connectivity index (χ4v) is 1.49. The van der Waals surface area contributed by atoms with Gasteiger partial charge < -0.3 is 5.32 Å². The second-order valence-electron chi connectivity index (χ2n) is 3.19. The molecule has 1 aromatic carbocycles. The molecule has 0 aliphatic carbocycles. The van der Waals surface area contributed by atoms with Crippen molar-refractivity contribution in [3.05, 3.63) is 23.8 Å². The minimum atomic E-state index is -0.108. The Labute approximate surface area is 87.1 Å². The summed E-state index contributed by atoms with van der Waals surface area (Å²) >= 11 is 0. The van der Waals surface area contributed by atoms with Crippen LogP contribution in [0, 0.1) is 0 Å². The molecule has 0 saturated heterocycles. The van der Waals surface area contributed by atoms with Crippen LogP contribution in [-0.4, -0.2) is 27.9 Å². The van der Waals surface area contributed by atoms with Crippen molar-refractivity contribution in [2.75, 3.05) is 7.05 Å². The van der Waals surface area contributed by atoms with Gasteiger partial charge in [0.15, 0.2) is 0 Å². The van der Waals surface area contributed by atoms with Crippen LogP contribution in [0.4, 0.5) is 0 Å². The molecule has 15 heavy (non-hydrogen) atoms. The first-order valence-electron chi connectivity index (χ1n) is 4.81. The lowest BCUT2D eigenvalue weighted by Crippen LogP contribution is -2.17. The van der Waals surface area contributed by atoms with Gasteiger partial charge in [-0.3, -0.25) is 4.79 Å². The van der Waals surface area contributed by atoms with E-state index in [1.807, 2.05) is 13.0 Å². The lowest BCUT2D eigenvalue weighted by Gasteiger charge is -1.99. The quantitative estimate of drug-likeness (QED) is 0.787. The van der Waals surface area contributed by atoms with Crippen molar-refractivity contribution in [1.82, 2.24) is 20.3 Å². The zero-order valence-corrected chi connectivity index (χ0v) is 8.69. The lowest BCUT2D eigenvalue weighted by atomic mass is 10.2. The largest absolute Gasteiger partial charge is 0.355 e. The molecule has 0 aliphatic rings. The predicted octanol–water partition coefficient (Wildman–Crippen LogP) is 0.811. The van der Waals surface area contributed by atoms with Crippen molar-refractivity contribution in [1.29, 1.82) is 0 Å². The number of nitrogens with zero attached hydrogens (tertiary/aromatic N) is 3. The Balaban J connectivity index is 2.53. The Hall–Kier alpha value is -1.91. The summed E-state index contributed by atoms with van der Waals surface area (Å²) in [5.74, 6) is -0.108. The molecule has 1 N–H and O–H groups in total. The third kappa shape index (κ3) is 1.56. The molecule has 0 aliphatic heterocycles. The summed E-state index contributed by atoms with van der Waals surface area (Å²) in [6.07, 6.45) is 0. The molecule has 5 nitrogen and oxygen atoms in total. The number of benzene rings is 1. The first kappa shape index (κ1) is 9.64. The highest BCUT2D eigenvalue weighted by Crippen LogP contribution is 2.13. The van der Waals surface area contributed by atoms with E-state index in [0.29, 0.717) is 5.56 Å². The van der Waals surface area contributed by atoms with Gasteiger partial charge >= 0.3 is 0 Å². The monoisotopic (exact) mass is 204 g/mol. The highest BCUT2D eigenvalue weighted by atomic mass is 16.1. The van der Waals surface area contributed by atoms with Crippen LogP contribution in [0.15, 0.2) is 18.2 Å². The van der Waals surface area contributed by atoms with Crippen molar-refractivity contribution in [3.8, 4) is 0 Å². The first-order chi connectivity index (χ1) is 7.26. The molecule has 2 aromatic rings. The van der Waals surface area contributed by atoms with Crippen LogP contribution < -0.4 is 5.32 Å². The molecule has 2 rings (SSSR count). The highest BCUT2D eigenvalue weighted by molar-refractivity contribution is 5.97. The van der Waals surface area contributed by atoms with E-state index < -0.39 is 0 Å². The lowest BCUT2D eigenvalue weighted by molar-refractivity contribution is 0.0963. The number of aryl methyl sites for hydroxylation is 1. The standard InChI is InChI=1S/C10H12N4O/c1-3-14-9-5-4-7(10(15)11-2)6-8(9)12-13-14/h4-6H,3H2,1-2H3,(H,11,15). The molecule has 0 unspecified atom stereocenters. The van der Waals surface area contributed by atoms with Crippen LogP contribution in [0.5, 0.6) is 0 Å². The van der Waals surface area contributed by atoms with Gasteiger partial charge in [0.2, 0.25) is 0 Å². The van der Waals surface area contributed by atoms with E-state index in [1.165, 1.54) is 0 Å². The van der Waals surface area contributed by atoms with E-state index in [4.69, 9.17) is 0 Å². The van der Waals surface area contributed by atoms with E-state index >= 15 is 0 Å². The highest BCUT2D eigenvalue weighted by Gasteiger charge is 2.07. The van der Waals surface area contributed by atoms with Gasteiger partial charge in [-0.25, -0.2) is 4.68 Å². The molecular weight excluding hydrogens is 192 g/mol. The molecule has 1 amide bonds. The number of carbonyl (C=O) groups is 1. The summed E-state index contributed by atoms with van der Waals surface area (Å²) in [5.41, 5.74) is 2.30.